The summed E-state index contributed by atoms with van der Waals surface area (Å²) in [7, 11) is 1.95. The lowest BCUT2D eigenvalue weighted by molar-refractivity contribution is 0.0519. The van der Waals surface area contributed by atoms with Crippen molar-refractivity contribution in [2.75, 3.05) is 68.9 Å². The lowest BCUT2D eigenvalue weighted by Crippen LogP contribution is -2.27. The SMILES string of the molecule is CN(Cc1ccccc1)c1nc(NCCOCCOCCNC(=O)c2ccccc2)nc(NCc2ccc3c(c2)OCO3)n1. The zero-order chi connectivity index (χ0) is 30.4. The number of fused-ring (bicyclic) bond motifs is 1. The van der Waals surface area contributed by atoms with Crippen LogP contribution in [-0.4, -0.2) is 74.2 Å². The predicted molar refractivity (Wildman–Crippen MR) is 167 cm³/mol. The summed E-state index contributed by atoms with van der Waals surface area (Å²) in [6, 6.07) is 25.1. The largest absolute Gasteiger partial charge is 0.454 e. The van der Waals surface area contributed by atoms with E-state index in [0.717, 1.165) is 22.6 Å². The molecule has 230 valence electrons. The third kappa shape index (κ3) is 9.28. The minimum atomic E-state index is -0.115. The second-order valence-corrected chi connectivity index (χ2v) is 9.94. The summed E-state index contributed by atoms with van der Waals surface area (Å²) in [5, 5.41) is 9.37. The maximum atomic E-state index is 12.0. The quantitative estimate of drug-likeness (QED) is 0.153. The Labute approximate surface area is 256 Å². The first kappa shape index (κ1) is 30.5. The first-order chi connectivity index (χ1) is 21.6. The van der Waals surface area contributed by atoms with Crippen LogP contribution in [0.4, 0.5) is 17.8 Å². The monoisotopic (exact) mass is 599 g/mol. The van der Waals surface area contributed by atoms with E-state index in [4.69, 9.17) is 18.9 Å². The van der Waals surface area contributed by atoms with Gasteiger partial charge in [0.2, 0.25) is 24.6 Å². The van der Waals surface area contributed by atoms with Crippen LogP contribution in [0.2, 0.25) is 0 Å². The van der Waals surface area contributed by atoms with Gasteiger partial charge in [0.1, 0.15) is 0 Å². The van der Waals surface area contributed by atoms with Crippen LogP contribution in [0.25, 0.3) is 0 Å². The number of carbonyl (C=O) groups excluding carboxylic acids is 1. The van der Waals surface area contributed by atoms with Crippen molar-refractivity contribution in [3.63, 3.8) is 0 Å². The van der Waals surface area contributed by atoms with Crippen LogP contribution in [0.15, 0.2) is 78.9 Å². The van der Waals surface area contributed by atoms with Gasteiger partial charge in [0, 0.05) is 38.8 Å². The van der Waals surface area contributed by atoms with Gasteiger partial charge in [-0.25, -0.2) is 0 Å². The summed E-state index contributed by atoms with van der Waals surface area (Å²) in [4.78, 5) is 27.9. The Hall–Kier alpha value is -4.94. The highest BCUT2D eigenvalue weighted by Crippen LogP contribution is 2.32. The Morgan fingerprint density at radius 3 is 2.23 bits per heavy atom. The third-order valence-corrected chi connectivity index (χ3v) is 6.58. The number of hydrogen-bond donors (Lipinski definition) is 3. The highest BCUT2D eigenvalue weighted by molar-refractivity contribution is 5.94. The van der Waals surface area contributed by atoms with Crippen LogP contribution in [0.3, 0.4) is 0 Å². The molecule has 12 nitrogen and oxygen atoms in total. The molecule has 0 atom stereocenters. The van der Waals surface area contributed by atoms with E-state index in [1.807, 2.05) is 66.5 Å². The number of nitrogens with zero attached hydrogens (tertiary/aromatic N) is 4. The molecule has 44 heavy (non-hydrogen) atoms. The Balaban J connectivity index is 1.07. The molecular formula is C32H37N7O5. The maximum Gasteiger partial charge on any atom is 0.251 e. The van der Waals surface area contributed by atoms with E-state index >= 15 is 0 Å². The van der Waals surface area contributed by atoms with Crippen LogP contribution < -0.4 is 30.3 Å². The molecular weight excluding hydrogens is 562 g/mol. The fraction of sp³-hybridized carbons (Fsp3) is 0.312. The van der Waals surface area contributed by atoms with Gasteiger partial charge in [0.05, 0.1) is 26.4 Å². The molecule has 1 amide bonds. The number of nitrogens with one attached hydrogen (secondary N) is 3. The van der Waals surface area contributed by atoms with Crippen molar-refractivity contribution in [2.24, 2.45) is 0 Å². The molecule has 0 saturated heterocycles. The summed E-state index contributed by atoms with van der Waals surface area (Å²) in [6.07, 6.45) is 0. The second kappa shape index (κ2) is 16.1. The minimum absolute atomic E-state index is 0.115. The Morgan fingerprint density at radius 1 is 0.773 bits per heavy atom. The average molecular weight is 600 g/mol. The Morgan fingerprint density at radius 2 is 1.45 bits per heavy atom. The Bertz CT molecular complexity index is 1480. The molecule has 0 spiro atoms. The van der Waals surface area contributed by atoms with E-state index in [1.54, 1.807) is 12.1 Å². The van der Waals surface area contributed by atoms with Crippen LogP contribution in [0.5, 0.6) is 11.5 Å². The van der Waals surface area contributed by atoms with Gasteiger partial charge in [-0.1, -0.05) is 54.6 Å². The molecule has 5 rings (SSSR count). The first-order valence-electron chi connectivity index (χ1n) is 14.5. The maximum absolute atomic E-state index is 12.0. The highest BCUT2D eigenvalue weighted by atomic mass is 16.7. The molecule has 0 aliphatic carbocycles. The summed E-state index contributed by atoms with van der Waals surface area (Å²) in [6.45, 7) is 4.01. The van der Waals surface area contributed by atoms with Crippen molar-refractivity contribution in [3.8, 4) is 11.5 Å². The van der Waals surface area contributed by atoms with E-state index in [2.05, 4.69) is 43.0 Å². The molecule has 1 aromatic heterocycles. The van der Waals surface area contributed by atoms with Gasteiger partial charge in [-0.2, -0.15) is 15.0 Å². The molecule has 1 aliphatic rings. The second-order valence-electron chi connectivity index (χ2n) is 9.94. The van der Waals surface area contributed by atoms with Crippen molar-refractivity contribution in [1.29, 1.82) is 0 Å². The predicted octanol–water partition coefficient (Wildman–Crippen LogP) is 3.72. The average Bonchev–Trinajstić information content (AvgIpc) is 3.53. The number of hydrogen-bond acceptors (Lipinski definition) is 11. The molecule has 0 radical (unpaired) electrons. The molecule has 2 heterocycles. The highest BCUT2D eigenvalue weighted by Gasteiger charge is 2.15. The summed E-state index contributed by atoms with van der Waals surface area (Å²) in [5.41, 5.74) is 2.79. The fourth-order valence-electron chi connectivity index (χ4n) is 4.34. The molecule has 0 bridgehead atoms. The van der Waals surface area contributed by atoms with Crippen molar-refractivity contribution >= 4 is 23.8 Å². The van der Waals surface area contributed by atoms with Crippen molar-refractivity contribution < 1.29 is 23.7 Å². The van der Waals surface area contributed by atoms with Crippen LogP contribution >= 0.6 is 0 Å². The lowest BCUT2D eigenvalue weighted by atomic mass is 10.2. The standard InChI is InChI=1S/C32H37N7O5/c1-39(22-24-8-4-2-5-9-24)32-37-30(36-31(38-32)35-21-25-12-13-27-28(20-25)44-23-43-27)34-15-17-42-19-18-41-16-14-33-29(40)26-10-6-3-7-11-26/h2-13,20H,14-19,21-23H2,1H3,(H,33,40)(H2,34,35,36,37,38). The normalized spacial score (nSPS) is 11.7. The number of ether oxygens (including phenoxy) is 4. The lowest BCUT2D eigenvalue weighted by Gasteiger charge is -2.19. The number of aromatic nitrogens is 3. The van der Waals surface area contributed by atoms with Gasteiger partial charge in [-0.05, 0) is 35.4 Å². The molecule has 0 fully saturated rings. The van der Waals surface area contributed by atoms with E-state index in [1.165, 1.54) is 0 Å². The van der Waals surface area contributed by atoms with E-state index < -0.39 is 0 Å². The Kier molecular flexibility index (Phi) is 11.1. The number of benzene rings is 3. The smallest absolute Gasteiger partial charge is 0.251 e. The third-order valence-electron chi connectivity index (χ3n) is 6.58. The summed E-state index contributed by atoms with van der Waals surface area (Å²) < 4.78 is 22.1. The number of carbonyl (C=O) groups is 1. The van der Waals surface area contributed by atoms with E-state index in [0.29, 0.717) is 76.0 Å². The summed E-state index contributed by atoms with van der Waals surface area (Å²) >= 11 is 0. The fourth-order valence-corrected chi connectivity index (χ4v) is 4.34. The molecule has 4 aromatic rings. The van der Waals surface area contributed by atoms with E-state index in [9.17, 15) is 4.79 Å². The zero-order valence-corrected chi connectivity index (χ0v) is 24.7. The topological polar surface area (TPSA) is 132 Å². The van der Waals surface area contributed by atoms with Crippen molar-refractivity contribution in [2.45, 2.75) is 13.1 Å². The van der Waals surface area contributed by atoms with Gasteiger partial charge >= 0.3 is 0 Å². The molecule has 3 N–H and O–H groups in total. The molecule has 12 heteroatoms. The first-order valence-corrected chi connectivity index (χ1v) is 14.5. The van der Waals surface area contributed by atoms with Gasteiger partial charge in [-0.3, -0.25) is 4.79 Å². The molecule has 0 saturated carbocycles. The van der Waals surface area contributed by atoms with Crippen molar-refractivity contribution in [3.05, 3.63) is 95.6 Å². The van der Waals surface area contributed by atoms with Crippen LogP contribution in [0.1, 0.15) is 21.5 Å². The number of anilines is 3. The van der Waals surface area contributed by atoms with Gasteiger partial charge in [-0.15, -0.1) is 0 Å². The van der Waals surface area contributed by atoms with Crippen molar-refractivity contribution in [1.82, 2.24) is 20.3 Å². The van der Waals surface area contributed by atoms with Gasteiger partial charge in [0.25, 0.3) is 5.91 Å². The van der Waals surface area contributed by atoms with Crippen LogP contribution in [0, 0.1) is 0 Å². The van der Waals surface area contributed by atoms with E-state index in [-0.39, 0.29) is 12.7 Å². The number of rotatable bonds is 17. The van der Waals surface area contributed by atoms with Crippen LogP contribution in [-0.2, 0) is 22.6 Å². The zero-order valence-electron chi connectivity index (χ0n) is 24.7. The molecule has 3 aromatic carbocycles. The molecule has 0 unspecified atom stereocenters. The minimum Gasteiger partial charge on any atom is -0.454 e. The summed E-state index contributed by atoms with van der Waals surface area (Å²) in [5.74, 6) is 2.78. The van der Waals surface area contributed by atoms with Gasteiger partial charge < -0.3 is 39.8 Å². The van der Waals surface area contributed by atoms with Gasteiger partial charge in [0.15, 0.2) is 11.5 Å². The molecule has 1 aliphatic heterocycles. The number of amides is 1.